The summed E-state index contributed by atoms with van der Waals surface area (Å²) in [7, 11) is 4.38. The van der Waals surface area contributed by atoms with Crippen LogP contribution in [0.5, 0.6) is 23.0 Å². The maximum atomic E-state index is 13.4. The Bertz CT molecular complexity index is 1900. The van der Waals surface area contributed by atoms with E-state index in [1.807, 2.05) is 36.4 Å². The Kier molecular flexibility index (Phi) is 9.58. The molecule has 0 saturated carbocycles. The SMILES string of the molecule is COc1cc(C(=O)Oc2ccc(Br)cc2C=NNC(=O)c2[nH]c3ccc(Br)cc3c2-c2ccccc2Cl)cc(OC)c1OC. The highest BCUT2D eigenvalue weighted by Gasteiger charge is 2.22. The number of aromatic amines is 1. The maximum Gasteiger partial charge on any atom is 0.343 e. The molecule has 1 amide bonds. The van der Waals surface area contributed by atoms with E-state index in [2.05, 4.69) is 47.4 Å². The van der Waals surface area contributed by atoms with Crippen LogP contribution in [0.1, 0.15) is 26.4 Å². The number of rotatable bonds is 9. The minimum absolute atomic E-state index is 0.177. The number of aromatic nitrogens is 1. The third kappa shape index (κ3) is 6.45. The Morgan fingerprint density at radius 3 is 2.23 bits per heavy atom. The van der Waals surface area contributed by atoms with Crippen LogP contribution in [0.15, 0.2) is 86.8 Å². The maximum absolute atomic E-state index is 13.4. The fraction of sp³-hybridized carbons (Fsp3) is 0.0938. The quantitative estimate of drug-likeness (QED) is 0.0686. The molecule has 4 aromatic carbocycles. The van der Waals surface area contributed by atoms with E-state index in [1.165, 1.54) is 39.7 Å². The minimum Gasteiger partial charge on any atom is -0.493 e. The Morgan fingerprint density at radius 1 is 0.864 bits per heavy atom. The molecule has 0 aliphatic rings. The number of methoxy groups -OCH3 is 3. The summed E-state index contributed by atoms with van der Waals surface area (Å²) in [6.07, 6.45) is 1.38. The highest BCUT2D eigenvalue weighted by molar-refractivity contribution is 9.10. The van der Waals surface area contributed by atoms with Gasteiger partial charge in [0.2, 0.25) is 5.75 Å². The predicted octanol–water partition coefficient (Wildman–Crippen LogP) is 8.02. The monoisotopic (exact) mass is 739 g/mol. The zero-order valence-electron chi connectivity index (χ0n) is 23.5. The third-order valence-electron chi connectivity index (χ3n) is 6.58. The van der Waals surface area contributed by atoms with Gasteiger partial charge in [-0.1, -0.05) is 61.7 Å². The van der Waals surface area contributed by atoms with Crippen LogP contribution in [-0.2, 0) is 0 Å². The lowest BCUT2D eigenvalue weighted by Gasteiger charge is -2.14. The topological polar surface area (TPSA) is 111 Å². The molecule has 0 aliphatic carbocycles. The van der Waals surface area contributed by atoms with Gasteiger partial charge < -0.3 is 23.9 Å². The van der Waals surface area contributed by atoms with Crippen LogP contribution in [0, 0.1) is 0 Å². The lowest BCUT2D eigenvalue weighted by atomic mass is 10.0. The van der Waals surface area contributed by atoms with Crippen molar-refractivity contribution in [3.05, 3.63) is 104 Å². The van der Waals surface area contributed by atoms with E-state index in [4.69, 9.17) is 30.5 Å². The first-order chi connectivity index (χ1) is 21.2. The Hall–Kier alpha value is -4.32. The molecule has 224 valence electrons. The van der Waals surface area contributed by atoms with Crippen molar-refractivity contribution in [3.63, 3.8) is 0 Å². The molecule has 1 heterocycles. The number of ether oxygens (including phenoxy) is 4. The van der Waals surface area contributed by atoms with Gasteiger partial charge in [-0.25, -0.2) is 10.2 Å². The molecule has 9 nitrogen and oxygen atoms in total. The average molecular weight is 742 g/mol. The lowest BCUT2D eigenvalue weighted by molar-refractivity contribution is 0.0733. The van der Waals surface area contributed by atoms with E-state index in [0.29, 0.717) is 43.4 Å². The van der Waals surface area contributed by atoms with E-state index < -0.39 is 11.9 Å². The van der Waals surface area contributed by atoms with Crippen molar-refractivity contribution >= 4 is 72.5 Å². The van der Waals surface area contributed by atoms with E-state index in [-0.39, 0.29) is 17.0 Å². The third-order valence-corrected chi connectivity index (χ3v) is 7.89. The number of nitrogens with one attached hydrogen (secondary N) is 2. The predicted molar refractivity (Wildman–Crippen MR) is 177 cm³/mol. The number of halogens is 3. The summed E-state index contributed by atoms with van der Waals surface area (Å²) in [6.45, 7) is 0. The highest BCUT2D eigenvalue weighted by Crippen LogP contribution is 2.39. The number of H-pyrrole nitrogens is 1. The first kappa shape index (κ1) is 31.1. The van der Waals surface area contributed by atoms with Crippen molar-refractivity contribution < 1.29 is 28.5 Å². The van der Waals surface area contributed by atoms with Gasteiger partial charge >= 0.3 is 5.97 Å². The van der Waals surface area contributed by atoms with E-state index in [1.54, 1.807) is 24.3 Å². The minimum atomic E-state index is -0.668. The number of hydrazone groups is 1. The molecule has 0 saturated heterocycles. The molecule has 0 bridgehead atoms. The van der Waals surface area contributed by atoms with Crippen LogP contribution in [0.4, 0.5) is 0 Å². The fourth-order valence-electron chi connectivity index (χ4n) is 4.57. The van der Waals surface area contributed by atoms with Crippen molar-refractivity contribution in [2.75, 3.05) is 21.3 Å². The summed E-state index contributed by atoms with van der Waals surface area (Å²) in [5.41, 5.74) is 5.54. The summed E-state index contributed by atoms with van der Waals surface area (Å²) in [5.74, 6) is 0.00347. The number of amides is 1. The van der Waals surface area contributed by atoms with Gasteiger partial charge in [0.25, 0.3) is 5.91 Å². The fourth-order valence-corrected chi connectivity index (χ4v) is 5.54. The molecule has 5 rings (SSSR count). The Morgan fingerprint density at radius 2 is 1.55 bits per heavy atom. The molecule has 1 aromatic heterocycles. The number of carbonyl (C=O) groups excluding carboxylic acids is 2. The van der Waals surface area contributed by atoms with Gasteiger partial charge in [-0.2, -0.15) is 5.10 Å². The van der Waals surface area contributed by atoms with Crippen molar-refractivity contribution in [3.8, 4) is 34.1 Å². The van der Waals surface area contributed by atoms with Crippen molar-refractivity contribution in [2.45, 2.75) is 0 Å². The lowest BCUT2D eigenvalue weighted by Crippen LogP contribution is -2.19. The number of hydrogen-bond acceptors (Lipinski definition) is 7. The average Bonchev–Trinajstić information content (AvgIpc) is 3.40. The summed E-state index contributed by atoms with van der Waals surface area (Å²) in [6, 6.07) is 21.0. The number of benzene rings is 4. The smallest absolute Gasteiger partial charge is 0.343 e. The van der Waals surface area contributed by atoms with Crippen LogP contribution >= 0.6 is 43.5 Å². The highest BCUT2D eigenvalue weighted by atomic mass is 79.9. The largest absolute Gasteiger partial charge is 0.493 e. The first-order valence-electron chi connectivity index (χ1n) is 12.9. The molecule has 44 heavy (non-hydrogen) atoms. The normalized spacial score (nSPS) is 11.0. The molecule has 0 radical (unpaired) electrons. The zero-order valence-corrected chi connectivity index (χ0v) is 27.5. The van der Waals surface area contributed by atoms with Crippen LogP contribution < -0.4 is 24.4 Å². The van der Waals surface area contributed by atoms with Gasteiger partial charge in [-0.15, -0.1) is 0 Å². The first-order valence-corrected chi connectivity index (χ1v) is 14.9. The molecular weight excluding hydrogens is 718 g/mol. The molecule has 5 aromatic rings. The van der Waals surface area contributed by atoms with Crippen molar-refractivity contribution in [1.82, 2.24) is 10.4 Å². The number of fused-ring (bicyclic) bond motifs is 1. The van der Waals surface area contributed by atoms with Gasteiger partial charge in [-0.05, 0) is 54.6 Å². The van der Waals surface area contributed by atoms with E-state index in [0.717, 1.165) is 15.4 Å². The van der Waals surface area contributed by atoms with Crippen molar-refractivity contribution in [1.29, 1.82) is 0 Å². The summed E-state index contributed by atoms with van der Waals surface area (Å²) < 4.78 is 23.3. The van der Waals surface area contributed by atoms with Crippen LogP contribution in [0.3, 0.4) is 0 Å². The molecular formula is C32H24Br2ClN3O6. The standard InChI is InChI=1S/C32H24Br2ClN3O6/c1-41-26-13-17(14-27(42-2)30(26)43-3)32(40)44-25-11-9-19(33)12-18(25)16-36-38-31(39)29-28(21-6-4-5-7-23(21)35)22-15-20(34)8-10-24(22)37-29/h4-16,37H,1-3H3,(H,38,39). The number of esters is 1. The molecule has 0 aliphatic heterocycles. The second kappa shape index (κ2) is 13.5. The van der Waals surface area contributed by atoms with Gasteiger partial charge in [0.05, 0.1) is 33.1 Å². The summed E-state index contributed by atoms with van der Waals surface area (Å²) >= 11 is 13.5. The Balaban J connectivity index is 1.42. The molecule has 0 fully saturated rings. The molecule has 0 spiro atoms. The van der Waals surface area contributed by atoms with Gasteiger partial charge in [0, 0.05) is 41.6 Å². The number of hydrogen-bond donors (Lipinski definition) is 2. The molecule has 0 atom stereocenters. The van der Waals surface area contributed by atoms with Crippen LogP contribution in [0.2, 0.25) is 5.02 Å². The second-order valence-corrected chi connectivity index (χ2v) is 11.5. The van der Waals surface area contributed by atoms with Gasteiger partial charge in [0.15, 0.2) is 11.5 Å². The van der Waals surface area contributed by atoms with Crippen LogP contribution in [-0.4, -0.2) is 44.4 Å². The number of carbonyl (C=O) groups is 2. The Labute approximate surface area is 274 Å². The zero-order chi connectivity index (χ0) is 31.4. The summed E-state index contributed by atoms with van der Waals surface area (Å²) in [5, 5.41) is 5.48. The molecule has 2 N–H and O–H groups in total. The van der Waals surface area contributed by atoms with Gasteiger partial charge in [-0.3, -0.25) is 4.79 Å². The van der Waals surface area contributed by atoms with Crippen molar-refractivity contribution in [2.24, 2.45) is 5.10 Å². The molecule has 0 unspecified atom stereocenters. The second-order valence-electron chi connectivity index (χ2n) is 9.23. The van der Waals surface area contributed by atoms with E-state index in [9.17, 15) is 9.59 Å². The summed E-state index contributed by atoms with van der Waals surface area (Å²) in [4.78, 5) is 29.8. The molecule has 12 heteroatoms. The van der Waals surface area contributed by atoms with Gasteiger partial charge in [0.1, 0.15) is 11.4 Å². The van der Waals surface area contributed by atoms with E-state index >= 15 is 0 Å². The van der Waals surface area contributed by atoms with Crippen LogP contribution in [0.25, 0.3) is 22.0 Å². The number of nitrogens with zero attached hydrogens (tertiary/aromatic N) is 1.